The molecule has 1 aliphatic heterocycles. The molecule has 0 unspecified atom stereocenters. The quantitative estimate of drug-likeness (QED) is 0.908. The molecule has 0 bridgehead atoms. The lowest BCUT2D eigenvalue weighted by Crippen LogP contribution is -2.43. The van der Waals surface area contributed by atoms with Gasteiger partial charge in [0.05, 0.1) is 5.69 Å². The van der Waals surface area contributed by atoms with Gasteiger partial charge in [-0.1, -0.05) is 18.2 Å². The van der Waals surface area contributed by atoms with E-state index in [1.54, 1.807) is 35.2 Å². The molecule has 1 aliphatic rings. The van der Waals surface area contributed by atoms with E-state index >= 15 is 0 Å². The maximum absolute atomic E-state index is 12.1. The Labute approximate surface area is 140 Å². The molecule has 0 radical (unpaired) electrons. The highest BCUT2D eigenvalue weighted by Crippen LogP contribution is 2.35. The molecule has 0 aliphatic carbocycles. The van der Waals surface area contributed by atoms with E-state index in [0.717, 1.165) is 0 Å². The Morgan fingerprint density at radius 2 is 1.79 bits per heavy atom. The lowest BCUT2D eigenvalue weighted by molar-refractivity contribution is -0.121. The summed E-state index contributed by atoms with van der Waals surface area (Å²) in [5, 5.41) is 5.52. The number of rotatable bonds is 3. The van der Waals surface area contributed by atoms with Crippen LogP contribution in [-0.2, 0) is 4.79 Å². The first kappa shape index (κ1) is 15.9. The molecule has 6 nitrogen and oxygen atoms in total. The number of nitrogens with one attached hydrogen (secondary N) is 2. The molecule has 24 heavy (non-hydrogen) atoms. The molecular formula is C18H19N3O3. The molecule has 2 N–H and O–H groups in total. The van der Waals surface area contributed by atoms with E-state index < -0.39 is 0 Å². The van der Waals surface area contributed by atoms with Crippen LogP contribution in [0, 0.1) is 0 Å². The number of urea groups is 1. The van der Waals surface area contributed by atoms with Crippen molar-refractivity contribution in [3.05, 3.63) is 48.5 Å². The van der Waals surface area contributed by atoms with Crippen LogP contribution in [0.4, 0.5) is 21.9 Å². The Bertz CT molecular complexity index is 759. The van der Waals surface area contributed by atoms with Gasteiger partial charge in [-0.05, 0) is 44.2 Å². The standard InChI is InChI=1S/C18H19N3O3/c1-12(2)21-15-10-14(8-9-16(15)24-11-17(21)22)20-18(23)19-13-6-4-3-5-7-13/h3-10,12H,11H2,1-2H3,(H2,19,20,23). The second-order valence-corrected chi connectivity index (χ2v) is 5.77. The Morgan fingerprint density at radius 3 is 2.50 bits per heavy atom. The summed E-state index contributed by atoms with van der Waals surface area (Å²) in [7, 11) is 0. The first-order chi connectivity index (χ1) is 11.5. The first-order valence-corrected chi connectivity index (χ1v) is 7.76. The van der Waals surface area contributed by atoms with Gasteiger partial charge in [-0.3, -0.25) is 4.79 Å². The van der Waals surface area contributed by atoms with Crippen LogP contribution in [0.15, 0.2) is 48.5 Å². The third kappa shape index (κ3) is 3.32. The number of fused-ring (bicyclic) bond motifs is 1. The van der Waals surface area contributed by atoms with Gasteiger partial charge in [-0.25, -0.2) is 4.79 Å². The molecular weight excluding hydrogens is 306 g/mol. The van der Waals surface area contributed by atoms with Crippen LogP contribution in [0.25, 0.3) is 0 Å². The predicted octanol–water partition coefficient (Wildman–Crippen LogP) is 3.46. The average molecular weight is 325 g/mol. The van der Waals surface area contributed by atoms with Crippen LogP contribution in [-0.4, -0.2) is 24.6 Å². The molecule has 0 fully saturated rings. The van der Waals surface area contributed by atoms with Gasteiger partial charge in [0, 0.05) is 17.4 Å². The summed E-state index contributed by atoms with van der Waals surface area (Å²) in [6.07, 6.45) is 0. The zero-order chi connectivity index (χ0) is 17.1. The smallest absolute Gasteiger partial charge is 0.323 e. The molecule has 0 saturated heterocycles. The second kappa shape index (κ2) is 6.62. The van der Waals surface area contributed by atoms with E-state index in [2.05, 4.69) is 10.6 Å². The normalized spacial score (nSPS) is 13.3. The van der Waals surface area contributed by atoms with Crippen molar-refractivity contribution in [2.75, 3.05) is 22.1 Å². The molecule has 3 amide bonds. The van der Waals surface area contributed by atoms with Crippen LogP contribution in [0.2, 0.25) is 0 Å². The zero-order valence-electron chi connectivity index (χ0n) is 13.6. The topological polar surface area (TPSA) is 70.7 Å². The molecule has 0 saturated carbocycles. The summed E-state index contributed by atoms with van der Waals surface area (Å²) in [6, 6.07) is 14.1. The van der Waals surface area contributed by atoms with Crippen molar-refractivity contribution in [3.63, 3.8) is 0 Å². The number of para-hydroxylation sites is 1. The summed E-state index contributed by atoms with van der Waals surface area (Å²) in [6.45, 7) is 3.91. The van der Waals surface area contributed by atoms with Crippen molar-refractivity contribution in [3.8, 4) is 5.75 Å². The van der Waals surface area contributed by atoms with Crippen molar-refractivity contribution in [2.45, 2.75) is 19.9 Å². The van der Waals surface area contributed by atoms with E-state index in [0.29, 0.717) is 22.8 Å². The Hall–Kier alpha value is -3.02. The summed E-state index contributed by atoms with van der Waals surface area (Å²) >= 11 is 0. The number of carbonyl (C=O) groups is 2. The number of nitrogens with zero attached hydrogens (tertiary/aromatic N) is 1. The van der Waals surface area contributed by atoms with E-state index in [1.165, 1.54) is 0 Å². The van der Waals surface area contributed by atoms with Gasteiger partial charge >= 0.3 is 6.03 Å². The molecule has 0 atom stereocenters. The van der Waals surface area contributed by atoms with Gasteiger partial charge in [-0.15, -0.1) is 0 Å². The molecule has 2 aromatic rings. The van der Waals surface area contributed by atoms with Crippen molar-refractivity contribution in [1.82, 2.24) is 0 Å². The van der Waals surface area contributed by atoms with Crippen LogP contribution in [0.3, 0.4) is 0 Å². The van der Waals surface area contributed by atoms with Gasteiger partial charge < -0.3 is 20.3 Å². The van der Waals surface area contributed by atoms with Crippen molar-refractivity contribution >= 4 is 29.0 Å². The fraction of sp³-hybridized carbons (Fsp3) is 0.222. The summed E-state index contributed by atoms with van der Waals surface area (Å²) in [4.78, 5) is 25.8. The molecule has 124 valence electrons. The minimum atomic E-state index is -0.347. The fourth-order valence-electron chi connectivity index (χ4n) is 2.63. The number of hydrogen-bond donors (Lipinski definition) is 2. The van der Waals surface area contributed by atoms with E-state index in [-0.39, 0.29) is 24.6 Å². The van der Waals surface area contributed by atoms with Crippen molar-refractivity contribution < 1.29 is 14.3 Å². The minimum Gasteiger partial charge on any atom is -0.482 e. The van der Waals surface area contributed by atoms with Crippen LogP contribution in [0.1, 0.15) is 13.8 Å². The third-order valence-electron chi connectivity index (χ3n) is 3.64. The monoisotopic (exact) mass is 325 g/mol. The number of hydrogen-bond acceptors (Lipinski definition) is 3. The molecule has 1 heterocycles. The largest absolute Gasteiger partial charge is 0.482 e. The minimum absolute atomic E-state index is 0.00791. The van der Waals surface area contributed by atoms with Crippen LogP contribution < -0.4 is 20.3 Å². The fourth-order valence-corrected chi connectivity index (χ4v) is 2.63. The maximum atomic E-state index is 12.1. The first-order valence-electron chi connectivity index (χ1n) is 7.76. The highest BCUT2D eigenvalue weighted by Gasteiger charge is 2.27. The second-order valence-electron chi connectivity index (χ2n) is 5.77. The lowest BCUT2D eigenvalue weighted by Gasteiger charge is -2.32. The summed E-state index contributed by atoms with van der Waals surface area (Å²) in [5.41, 5.74) is 1.96. The highest BCUT2D eigenvalue weighted by atomic mass is 16.5. The van der Waals surface area contributed by atoms with E-state index in [4.69, 9.17) is 4.74 Å². The summed E-state index contributed by atoms with van der Waals surface area (Å²) < 4.78 is 5.45. The van der Waals surface area contributed by atoms with Gasteiger partial charge in [0.1, 0.15) is 5.75 Å². The molecule has 2 aromatic carbocycles. The Morgan fingerprint density at radius 1 is 1.08 bits per heavy atom. The number of ether oxygens (including phenoxy) is 1. The van der Waals surface area contributed by atoms with Gasteiger partial charge in [0.15, 0.2) is 6.61 Å². The number of anilines is 3. The van der Waals surface area contributed by atoms with Gasteiger partial charge in [0.25, 0.3) is 5.91 Å². The summed E-state index contributed by atoms with van der Waals surface area (Å²) in [5.74, 6) is 0.542. The average Bonchev–Trinajstić information content (AvgIpc) is 2.55. The van der Waals surface area contributed by atoms with Gasteiger partial charge in [-0.2, -0.15) is 0 Å². The van der Waals surface area contributed by atoms with Crippen molar-refractivity contribution in [1.29, 1.82) is 0 Å². The van der Waals surface area contributed by atoms with E-state index in [1.807, 2.05) is 32.0 Å². The Balaban J connectivity index is 1.78. The van der Waals surface area contributed by atoms with Gasteiger partial charge in [0.2, 0.25) is 0 Å². The highest BCUT2D eigenvalue weighted by molar-refractivity contribution is 6.02. The number of amides is 3. The molecule has 0 spiro atoms. The number of carbonyl (C=O) groups excluding carboxylic acids is 2. The molecule has 0 aromatic heterocycles. The van der Waals surface area contributed by atoms with Crippen molar-refractivity contribution in [2.24, 2.45) is 0 Å². The lowest BCUT2D eigenvalue weighted by atomic mass is 10.1. The van der Waals surface area contributed by atoms with Crippen LogP contribution >= 0.6 is 0 Å². The third-order valence-corrected chi connectivity index (χ3v) is 3.64. The zero-order valence-corrected chi connectivity index (χ0v) is 13.6. The maximum Gasteiger partial charge on any atom is 0.323 e. The Kier molecular flexibility index (Phi) is 4.37. The number of benzene rings is 2. The van der Waals surface area contributed by atoms with Crippen LogP contribution in [0.5, 0.6) is 5.75 Å². The SMILES string of the molecule is CC(C)N1C(=O)COc2ccc(NC(=O)Nc3ccccc3)cc21. The van der Waals surface area contributed by atoms with E-state index in [9.17, 15) is 9.59 Å². The molecule has 6 heteroatoms. The predicted molar refractivity (Wildman–Crippen MR) is 93.6 cm³/mol. The molecule has 3 rings (SSSR count).